The Hall–Kier alpha value is -0.590. The topological polar surface area (TPSA) is 17.1 Å². The number of hydrogen-bond acceptors (Lipinski definition) is 1. The third-order valence-corrected chi connectivity index (χ3v) is 6.92. The summed E-state index contributed by atoms with van der Waals surface area (Å²) in [4.78, 5) is 13.4. The van der Waals surface area contributed by atoms with Gasteiger partial charge >= 0.3 is 0 Å². The van der Waals surface area contributed by atoms with E-state index in [0.29, 0.717) is 11.2 Å². The lowest BCUT2D eigenvalue weighted by Gasteiger charge is -2.60. The molecule has 5 rings (SSSR count). The van der Waals surface area contributed by atoms with Crippen molar-refractivity contribution in [1.29, 1.82) is 0 Å². The Balaban J connectivity index is 1.61. The lowest BCUT2D eigenvalue weighted by Crippen LogP contribution is -2.54. The molecule has 4 fully saturated rings. The molecule has 0 aromatic heterocycles. The van der Waals surface area contributed by atoms with Crippen molar-refractivity contribution in [2.24, 2.45) is 22.7 Å². The Kier molecular flexibility index (Phi) is 3.32. The van der Waals surface area contributed by atoms with E-state index in [2.05, 4.69) is 13.0 Å². The van der Waals surface area contributed by atoms with Crippen LogP contribution in [0.25, 0.3) is 0 Å². The molecule has 0 amide bonds. The molecule has 0 radical (unpaired) electrons. The summed E-state index contributed by atoms with van der Waals surface area (Å²) in [5.74, 6) is 2.30. The van der Waals surface area contributed by atoms with Crippen LogP contribution in [0.1, 0.15) is 84.0 Å². The van der Waals surface area contributed by atoms with Gasteiger partial charge in [-0.2, -0.15) is 0 Å². The molecule has 5 aliphatic carbocycles. The lowest BCUT2D eigenvalue weighted by atomic mass is 9.43. The first-order valence-corrected chi connectivity index (χ1v) is 9.33. The standard InChI is InChI=1S/C20H30O/c1-19-10-15-9-16(11-19)13-20(12-15,14-19)18(21)17-7-5-3-2-4-6-8-17/h7,15-16H,2-6,8-14H2,1H3. The second-order valence-electron chi connectivity index (χ2n) is 9.06. The average molecular weight is 286 g/mol. The molecule has 1 heteroatoms. The van der Waals surface area contributed by atoms with Crippen molar-refractivity contribution >= 4 is 5.78 Å². The summed E-state index contributed by atoms with van der Waals surface area (Å²) in [6, 6.07) is 0. The van der Waals surface area contributed by atoms with Crippen LogP contribution in [0.4, 0.5) is 0 Å². The van der Waals surface area contributed by atoms with Gasteiger partial charge in [-0.25, -0.2) is 0 Å². The maximum atomic E-state index is 13.4. The van der Waals surface area contributed by atoms with E-state index in [1.54, 1.807) is 0 Å². The Morgan fingerprint density at radius 1 is 1.05 bits per heavy atom. The summed E-state index contributed by atoms with van der Waals surface area (Å²) < 4.78 is 0. The van der Waals surface area contributed by atoms with Gasteiger partial charge in [0.25, 0.3) is 0 Å². The van der Waals surface area contributed by atoms with Crippen molar-refractivity contribution in [2.75, 3.05) is 0 Å². The van der Waals surface area contributed by atoms with Gasteiger partial charge in [0.2, 0.25) is 0 Å². The van der Waals surface area contributed by atoms with Gasteiger partial charge in [0.1, 0.15) is 0 Å². The fourth-order valence-electron chi connectivity index (χ4n) is 6.72. The predicted molar refractivity (Wildman–Crippen MR) is 86.0 cm³/mol. The largest absolute Gasteiger partial charge is 0.294 e. The Morgan fingerprint density at radius 3 is 2.48 bits per heavy atom. The fraction of sp³-hybridized carbons (Fsp3) is 0.850. The van der Waals surface area contributed by atoms with Gasteiger partial charge in [-0.05, 0) is 87.0 Å². The summed E-state index contributed by atoms with van der Waals surface area (Å²) in [6.07, 6.45) is 17.6. The number of ketones is 1. The second kappa shape index (κ2) is 4.96. The predicted octanol–water partition coefficient (Wildman–Crippen LogP) is 5.44. The molecule has 116 valence electrons. The van der Waals surface area contributed by atoms with Crippen LogP contribution in [0.2, 0.25) is 0 Å². The first-order chi connectivity index (χ1) is 10.1. The van der Waals surface area contributed by atoms with E-state index in [9.17, 15) is 4.79 Å². The normalized spacial score (nSPS) is 45.9. The molecule has 0 aliphatic heterocycles. The molecule has 2 unspecified atom stereocenters. The molecule has 21 heavy (non-hydrogen) atoms. The van der Waals surface area contributed by atoms with E-state index in [1.165, 1.54) is 69.8 Å². The van der Waals surface area contributed by atoms with Crippen LogP contribution in [0.5, 0.6) is 0 Å². The number of hydrogen-bond donors (Lipinski definition) is 0. The molecule has 0 N–H and O–H groups in total. The molecular weight excluding hydrogens is 256 g/mol. The van der Waals surface area contributed by atoms with E-state index < -0.39 is 0 Å². The summed E-state index contributed by atoms with van der Waals surface area (Å²) >= 11 is 0. The molecule has 4 saturated carbocycles. The highest BCUT2D eigenvalue weighted by atomic mass is 16.1. The van der Waals surface area contributed by atoms with Crippen LogP contribution in [0, 0.1) is 22.7 Å². The molecular formula is C20H30O. The first-order valence-electron chi connectivity index (χ1n) is 9.33. The van der Waals surface area contributed by atoms with Crippen molar-refractivity contribution in [3.8, 4) is 0 Å². The zero-order valence-electron chi connectivity index (χ0n) is 13.6. The number of carbonyl (C=O) groups excluding carboxylic acids is 1. The number of allylic oxidation sites excluding steroid dienone is 2. The van der Waals surface area contributed by atoms with Gasteiger partial charge in [-0.1, -0.05) is 25.8 Å². The number of rotatable bonds is 2. The highest BCUT2D eigenvalue weighted by Gasteiger charge is 2.58. The third kappa shape index (κ3) is 2.41. The summed E-state index contributed by atoms with van der Waals surface area (Å²) in [5, 5.41) is 0. The van der Waals surface area contributed by atoms with Crippen molar-refractivity contribution in [3.63, 3.8) is 0 Å². The van der Waals surface area contributed by atoms with Crippen LogP contribution in [-0.2, 0) is 4.79 Å². The van der Waals surface area contributed by atoms with Gasteiger partial charge in [0, 0.05) is 5.41 Å². The van der Waals surface area contributed by atoms with Gasteiger partial charge < -0.3 is 0 Å². The highest BCUT2D eigenvalue weighted by molar-refractivity contribution is 6.00. The summed E-state index contributed by atoms with van der Waals surface area (Å²) in [5.41, 5.74) is 1.77. The molecule has 0 aromatic rings. The fourth-order valence-corrected chi connectivity index (χ4v) is 6.72. The smallest absolute Gasteiger partial charge is 0.164 e. The maximum absolute atomic E-state index is 13.4. The van der Waals surface area contributed by atoms with Crippen LogP contribution >= 0.6 is 0 Å². The van der Waals surface area contributed by atoms with E-state index in [1.807, 2.05) is 0 Å². The van der Waals surface area contributed by atoms with Crippen LogP contribution < -0.4 is 0 Å². The van der Waals surface area contributed by atoms with Crippen LogP contribution in [0.3, 0.4) is 0 Å². The van der Waals surface area contributed by atoms with E-state index in [-0.39, 0.29) is 5.41 Å². The minimum Gasteiger partial charge on any atom is -0.294 e. The van der Waals surface area contributed by atoms with Crippen molar-refractivity contribution in [1.82, 2.24) is 0 Å². The van der Waals surface area contributed by atoms with E-state index in [4.69, 9.17) is 0 Å². The number of carbonyl (C=O) groups is 1. The molecule has 2 atom stereocenters. The Morgan fingerprint density at radius 2 is 1.76 bits per heavy atom. The molecule has 0 spiro atoms. The molecule has 4 bridgehead atoms. The van der Waals surface area contributed by atoms with Crippen molar-refractivity contribution in [3.05, 3.63) is 11.6 Å². The quantitative estimate of drug-likeness (QED) is 0.660. The van der Waals surface area contributed by atoms with E-state index in [0.717, 1.165) is 24.7 Å². The average Bonchev–Trinajstić information content (AvgIpc) is 2.34. The SMILES string of the molecule is CC12CC3CC(C1)CC(C(=O)C1=CCCCCCC1)(C3)C2. The van der Waals surface area contributed by atoms with Crippen molar-refractivity contribution in [2.45, 2.75) is 84.0 Å². The molecule has 5 aliphatic rings. The third-order valence-electron chi connectivity index (χ3n) is 6.92. The number of Topliss-reactive ketones (excluding diaryl/α,β-unsaturated/α-hetero) is 1. The molecule has 0 aromatic carbocycles. The monoisotopic (exact) mass is 286 g/mol. The second-order valence-corrected chi connectivity index (χ2v) is 9.06. The maximum Gasteiger partial charge on any atom is 0.164 e. The zero-order chi connectivity index (χ0) is 14.5. The summed E-state index contributed by atoms with van der Waals surface area (Å²) in [7, 11) is 0. The molecule has 0 heterocycles. The van der Waals surface area contributed by atoms with Crippen LogP contribution in [0.15, 0.2) is 11.6 Å². The highest BCUT2D eigenvalue weighted by Crippen LogP contribution is 2.65. The molecule has 1 nitrogen and oxygen atoms in total. The first kappa shape index (κ1) is 14.0. The van der Waals surface area contributed by atoms with Crippen molar-refractivity contribution < 1.29 is 4.79 Å². The lowest BCUT2D eigenvalue weighted by molar-refractivity contribution is -0.149. The Labute approximate surface area is 129 Å². The summed E-state index contributed by atoms with van der Waals surface area (Å²) in [6.45, 7) is 2.47. The van der Waals surface area contributed by atoms with E-state index >= 15 is 0 Å². The minimum atomic E-state index is 0.0594. The van der Waals surface area contributed by atoms with Gasteiger partial charge in [0.15, 0.2) is 5.78 Å². The van der Waals surface area contributed by atoms with Gasteiger partial charge in [-0.3, -0.25) is 4.79 Å². The molecule has 0 saturated heterocycles. The van der Waals surface area contributed by atoms with Crippen LogP contribution in [-0.4, -0.2) is 5.78 Å². The van der Waals surface area contributed by atoms with Gasteiger partial charge in [-0.15, -0.1) is 0 Å². The zero-order valence-corrected chi connectivity index (χ0v) is 13.6. The Bertz CT molecular complexity index is 458. The minimum absolute atomic E-state index is 0.0594. The van der Waals surface area contributed by atoms with Gasteiger partial charge in [0.05, 0.1) is 0 Å².